The highest BCUT2D eigenvalue weighted by Gasteiger charge is 2.24. The van der Waals surface area contributed by atoms with Crippen molar-refractivity contribution in [2.75, 3.05) is 5.75 Å². The Kier molecular flexibility index (Phi) is 6.47. The number of hydrogen-bond acceptors (Lipinski definition) is 4. The Morgan fingerprint density at radius 3 is 2.45 bits per heavy atom. The van der Waals surface area contributed by atoms with Crippen LogP contribution in [0.4, 0.5) is 4.39 Å². The van der Waals surface area contributed by atoms with Crippen molar-refractivity contribution in [2.45, 2.75) is 30.4 Å². The molecular weight excluding hydrogens is 285 g/mol. The molecule has 1 rings (SSSR count). The molecule has 0 aliphatic carbocycles. The van der Waals surface area contributed by atoms with Crippen molar-refractivity contribution in [3.8, 4) is 0 Å². The van der Waals surface area contributed by atoms with E-state index in [2.05, 4.69) is 5.32 Å². The quantitative estimate of drug-likeness (QED) is 0.660. The van der Waals surface area contributed by atoms with Gasteiger partial charge in [-0.25, -0.2) is 9.18 Å². The number of nitrogens with one attached hydrogen (secondary N) is 1. The Bertz CT molecular complexity index is 464. The Balaban J connectivity index is 2.36. The van der Waals surface area contributed by atoms with E-state index in [9.17, 15) is 19.1 Å². The highest BCUT2D eigenvalue weighted by atomic mass is 32.2. The molecular formula is C13H16FNO4S. The summed E-state index contributed by atoms with van der Waals surface area (Å²) in [6, 6.07) is 4.56. The largest absolute Gasteiger partial charge is 0.480 e. The van der Waals surface area contributed by atoms with Crippen molar-refractivity contribution < 1.29 is 24.2 Å². The minimum Gasteiger partial charge on any atom is -0.480 e. The van der Waals surface area contributed by atoms with E-state index in [4.69, 9.17) is 5.11 Å². The normalized spacial score (nSPS) is 13.6. The summed E-state index contributed by atoms with van der Waals surface area (Å²) in [6.45, 7) is 1.30. The number of carbonyl (C=O) groups is 2. The average Bonchev–Trinajstić information content (AvgIpc) is 2.37. The number of carbonyl (C=O) groups excluding carboxylic acids is 1. The Morgan fingerprint density at radius 1 is 1.35 bits per heavy atom. The van der Waals surface area contributed by atoms with Crippen LogP contribution >= 0.6 is 11.8 Å². The molecule has 0 bridgehead atoms. The van der Waals surface area contributed by atoms with Crippen LogP contribution in [0.15, 0.2) is 29.2 Å². The molecule has 3 N–H and O–H groups in total. The fourth-order valence-corrected chi connectivity index (χ4v) is 2.28. The second kappa shape index (κ2) is 7.86. The lowest BCUT2D eigenvalue weighted by Crippen LogP contribution is -2.47. The number of carboxylic acids is 1. The molecule has 0 aliphatic rings. The second-order valence-electron chi connectivity index (χ2n) is 4.18. The molecule has 2 atom stereocenters. The smallest absolute Gasteiger partial charge is 0.328 e. The summed E-state index contributed by atoms with van der Waals surface area (Å²) in [7, 11) is 0. The summed E-state index contributed by atoms with van der Waals surface area (Å²) in [5.74, 6) is -1.62. The topological polar surface area (TPSA) is 86.6 Å². The number of aliphatic carboxylic acids is 1. The van der Waals surface area contributed by atoms with E-state index < -0.39 is 24.0 Å². The lowest BCUT2D eigenvalue weighted by Gasteiger charge is -2.16. The fourth-order valence-electron chi connectivity index (χ4n) is 1.43. The van der Waals surface area contributed by atoms with Crippen molar-refractivity contribution in [3.63, 3.8) is 0 Å². The standard InChI is InChI=1S/C13H16FNO4S/c1-8(16)12(13(18)19)15-11(17)6-7-20-10-4-2-9(14)3-5-10/h2-5,8,12,16H,6-7H2,1H3,(H,15,17)(H,18,19)/t8-,12+/m1/s1. The number of aliphatic hydroxyl groups excluding tert-OH is 1. The zero-order valence-corrected chi connectivity index (χ0v) is 11.7. The van der Waals surface area contributed by atoms with Crippen LogP contribution in [-0.4, -0.2) is 40.0 Å². The number of rotatable bonds is 7. The van der Waals surface area contributed by atoms with Crippen LogP contribution < -0.4 is 5.32 Å². The SMILES string of the molecule is C[C@@H](O)[C@H](NC(=O)CCSc1ccc(F)cc1)C(=O)O. The van der Waals surface area contributed by atoms with E-state index >= 15 is 0 Å². The molecule has 0 aliphatic heterocycles. The van der Waals surface area contributed by atoms with Crippen molar-refractivity contribution in [2.24, 2.45) is 0 Å². The Labute approximate surface area is 120 Å². The number of hydrogen-bond donors (Lipinski definition) is 3. The molecule has 0 radical (unpaired) electrons. The van der Waals surface area contributed by atoms with E-state index in [0.29, 0.717) is 5.75 Å². The fraction of sp³-hybridized carbons (Fsp3) is 0.385. The molecule has 0 aromatic heterocycles. The summed E-state index contributed by atoms with van der Waals surface area (Å²) in [4.78, 5) is 23.2. The van der Waals surface area contributed by atoms with Gasteiger partial charge in [0.25, 0.3) is 0 Å². The van der Waals surface area contributed by atoms with Crippen molar-refractivity contribution >= 4 is 23.6 Å². The molecule has 0 spiro atoms. The van der Waals surface area contributed by atoms with E-state index in [1.165, 1.54) is 30.8 Å². The number of aliphatic hydroxyl groups is 1. The third-order valence-electron chi connectivity index (χ3n) is 2.48. The maximum atomic E-state index is 12.7. The molecule has 110 valence electrons. The lowest BCUT2D eigenvalue weighted by atomic mass is 10.2. The molecule has 7 heteroatoms. The van der Waals surface area contributed by atoms with Crippen molar-refractivity contribution in [3.05, 3.63) is 30.1 Å². The molecule has 0 heterocycles. The first kappa shape index (κ1) is 16.5. The van der Waals surface area contributed by atoms with Crippen molar-refractivity contribution in [1.82, 2.24) is 5.32 Å². The van der Waals surface area contributed by atoms with Gasteiger partial charge in [-0.05, 0) is 31.2 Å². The maximum Gasteiger partial charge on any atom is 0.328 e. The molecule has 1 aromatic carbocycles. The number of benzene rings is 1. The van der Waals surface area contributed by atoms with Gasteiger partial charge >= 0.3 is 5.97 Å². The zero-order valence-electron chi connectivity index (χ0n) is 10.9. The first-order chi connectivity index (χ1) is 9.40. The Morgan fingerprint density at radius 2 is 1.95 bits per heavy atom. The van der Waals surface area contributed by atoms with E-state index in [1.807, 2.05) is 0 Å². The first-order valence-electron chi connectivity index (χ1n) is 5.98. The predicted octanol–water partition coefficient (Wildman–Crippen LogP) is 1.26. The molecule has 1 aromatic rings. The minimum absolute atomic E-state index is 0.110. The minimum atomic E-state index is -1.31. The molecule has 0 saturated heterocycles. The van der Waals surface area contributed by atoms with Gasteiger partial charge in [0.2, 0.25) is 5.91 Å². The van der Waals surface area contributed by atoms with Gasteiger partial charge in [0.05, 0.1) is 6.10 Å². The van der Waals surface area contributed by atoms with Crippen LogP contribution in [0.1, 0.15) is 13.3 Å². The first-order valence-corrected chi connectivity index (χ1v) is 6.97. The molecule has 0 fully saturated rings. The van der Waals surface area contributed by atoms with Gasteiger partial charge < -0.3 is 15.5 Å². The van der Waals surface area contributed by atoms with E-state index in [1.54, 1.807) is 12.1 Å². The second-order valence-corrected chi connectivity index (χ2v) is 5.34. The average molecular weight is 301 g/mol. The number of thioether (sulfide) groups is 1. The third kappa shape index (κ3) is 5.58. The monoisotopic (exact) mass is 301 g/mol. The number of amides is 1. The van der Waals surface area contributed by atoms with Gasteiger partial charge in [-0.2, -0.15) is 0 Å². The molecule has 20 heavy (non-hydrogen) atoms. The summed E-state index contributed by atoms with van der Waals surface area (Å²) in [5, 5.41) is 20.3. The van der Waals surface area contributed by atoms with Crippen LogP contribution in [0.25, 0.3) is 0 Å². The van der Waals surface area contributed by atoms with Gasteiger partial charge in [0, 0.05) is 17.1 Å². The zero-order chi connectivity index (χ0) is 15.1. The summed E-state index contributed by atoms with van der Waals surface area (Å²) >= 11 is 1.36. The van der Waals surface area contributed by atoms with Crippen LogP contribution in [0.5, 0.6) is 0 Å². The predicted molar refractivity (Wildman–Crippen MR) is 73.0 cm³/mol. The maximum absolute atomic E-state index is 12.7. The highest BCUT2D eigenvalue weighted by molar-refractivity contribution is 7.99. The molecule has 0 saturated carbocycles. The van der Waals surface area contributed by atoms with Crippen LogP contribution in [-0.2, 0) is 9.59 Å². The summed E-state index contributed by atoms with van der Waals surface area (Å²) in [6.07, 6.45) is -1.06. The molecule has 5 nitrogen and oxygen atoms in total. The summed E-state index contributed by atoms with van der Waals surface area (Å²) < 4.78 is 12.7. The van der Waals surface area contributed by atoms with Crippen molar-refractivity contribution in [1.29, 1.82) is 0 Å². The lowest BCUT2D eigenvalue weighted by molar-refractivity contribution is -0.144. The van der Waals surface area contributed by atoms with Crippen LogP contribution in [0.3, 0.4) is 0 Å². The molecule has 0 unspecified atom stereocenters. The molecule has 1 amide bonds. The third-order valence-corrected chi connectivity index (χ3v) is 3.49. The van der Waals surface area contributed by atoms with E-state index in [0.717, 1.165) is 4.90 Å². The van der Waals surface area contributed by atoms with E-state index in [-0.39, 0.29) is 12.2 Å². The van der Waals surface area contributed by atoms with Gasteiger partial charge in [-0.1, -0.05) is 0 Å². The van der Waals surface area contributed by atoms with Crippen LogP contribution in [0, 0.1) is 5.82 Å². The Hall–Kier alpha value is -1.60. The number of halogens is 1. The van der Waals surface area contributed by atoms with Gasteiger partial charge in [-0.3, -0.25) is 4.79 Å². The van der Waals surface area contributed by atoms with Gasteiger partial charge in [-0.15, -0.1) is 11.8 Å². The van der Waals surface area contributed by atoms with Gasteiger partial charge in [0.15, 0.2) is 6.04 Å². The summed E-state index contributed by atoms with van der Waals surface area (Å²) in [5.41, 5.74) is 0. The highest BCUT2D eigenvalue weighted by Crippen LogP contribution is 2.18. The van der Waals surface area contributed by atoms with Crippen LogP contribution in [0.2, 0.25) is 0 Å². The number of carboxylic acid groups (broad SMARTS) is 1. The van der Waals surface area contributed by atoms with Gasteiger partial charge in [0.1, 0.15) is 5.82 Å².